The maximum absolute atomic E-state index is 8.79. The summed E-state index contributed by atoms with van der Waals surface area (Å²) in [7, 11) is 0. The second-order valence-corrected chi connectivity index (χ2v) is 3.75. The van der Waals surface area contributed by atoms with Gasteiger partial charge in [-0.05, 0) is 46.5 Å². The first-order valence-corrected chi connectivity index (χ1v) is 5.18. The van der Waals surface area contributed by atoms with E-state index in [1.165, 1.54) is 5.56 Å². The predicted molar refractivity (Wildman–Crippen MR) is 57.6 cm³/mol. The van der Waals surface area contributed by atoms with E-state index in [0.717, 1.165) is 22.9 Å². The van der Waals surface area contributed by atoms with Gasteiger partial charge in [-0.2, -0.15) is 0 Å². The predicted octanol–water partition coefficient (Wildman–Crippen LogP) is 4.06. The van der Waals surface area contributed by atoms with Crippen LogP contribution >= 0.6 is 15.9 Å². The lowest BCUT2D eigenvalue weighted by atomic mass is 10.1. The van der Waals surface area contributed by atoms with Crippen molar-refractivity contribution in [2.24, 2.45) is 0 Å². The molecule has 0 aliphatic carbocycles. The summed E-state index contributed by atoms with van der Waals surface area (Å²) in [6, 6.07) is 4.08. The molecule has 1 rings (SSSR count). The molecule has 0 unspecified atom stereocenters. The van der Waals surface area contributed by atoms with E-state index in [1.807, 2.05) is 6.07 Å². The van der Waals surface area contributed by atoms with Crippen molar-refractivity contribution in [3.05, 3.63) is 32.7 Å². The summed E-state index contributed by atoms with van der Waals surface area (Å²) in [4.78, 5) is 3.27. The van der Waals surface area contributed by atoms with Gasteiger partial charge >= 0.3 is 5.69 Å². The van der Waals surface area contributed by atoms with Crippen LogP contribution in [0.5, 0.6) is 0 Å². The number of diazo groups is 1. The van der Waals surface area contributed by atoms with Crippen LogP contribution < -0.4 is 0 Å². The zero-order valence-corrected chi connectivity index (χ0v) is 9.43. The molecule has 1 aromatic carbocycles. The zero-order chi connectivity index (χ0) is 9.84. The van der Waals surface area contributed by atoms with Gasteiger partial charge in [0.2, 0.25) is 5.39 Å². The Hall–Kier alpha value is -0.880. The normalized spacial score (nSPS) is 9.69. The number of aryl methyl sites for hydroxylation is 2. The molecule has 0 atom stereocenters. The lowest BCUT2D eigenvalue weighted by Gasteiger charge is -1.99. The number of halogens is 1. The molecule has 0 saturated carbocycles. The van der Waals surface area contributed by atoms with Gasteiger partial charge < -0.3 is 0 Å². The van der Waals surface area contributed by atoms with Crippen molar-refractivity contribution in [3.8, 4) is 0 Å². The fourth-order valence-corrected chi connectivity index (χ4v) is 1.93. The lowest BCUT2D eigenvalue weighted by molar-refractivity contribution is 1.09. The van der Waals surface area contributed by atoms with Gasteiger partial charge in [-0.15, -0.1) is 0 Å². The van der Waals surface area contributed by atoms with Gasteiger partial charge in [-0.3, -0.25) is 0 Å². The Morgan fingerprint density at radius 3 is 2.46 bits per heavy atom. The minimum Gasteiger partial charge on any atom is -0.0613 e. The second kappa shape index (κ2) is 4.38. The molecule has 0 amide bonds. The zero-order valence-electron chi connectivity index (χ0n) is 7.84. The molecule has 1 aromatic rings. The third-order valence-electron chi connectivity index (χ3n) is 2.09. The maximum atomic E-state index is 8.79. The van der Waals surface area contributed by atoms with E-state index >= 15 is 0 Å². The molecule has 0 fully saturated rings. The Morgan fingerprint density at radius 1 is 1.31 bits per heavy atom. The molecular formula is C10H12BrN2+. The van der Waals surface area contributed by atoms with Crippen molar-refractivity contribution in [2.75, 3.05) is 0 Å². The van der Waals surface area contributed by atoms with E-state index in [2.05, 4.69) is 40.8 Å². The fourth-order valence-electron chi connectivity index (χ4n) is 1.30. The number of nitrogens with zero attached hydrogens (tertiary/aromatic N) is 2. The molecule has 3 heteroatoms. The van der Waals surface area contributed by atoms with Crippen molar-refractivity contribution in [1.82, 2.24) is 0 Å². The van der Waals surface area contributed by atoms with Crippen LogP contribution in [0.2, 0.25) is 0 Å². The third kappa shape index (κ3) is 2.07. The number of benzene rings is 1. The van der Waals surface area contributed by atoms with E-state index in [4.69, 9.17) is 5.39 Å². The molecule has 0 saturated heterocycles. The monoisotopic (exact) mass is 239 g/mol. The Labute approximate surface area is 86.7 Å². The molecule has 0 aliphatic heterocycles. The largest absolute Gasteiger partial charge is 0.402 e. The minimum atomic E-state index is 0.653. The Bertz CT molecular complexity index is 353. The summed E-state index contributed by atoms with van der Waals surface area (Å²) >= 11 is 3.39. The molecule has 13 heavy (non-hydrogen) atoms. The molecule has 0 radical (unpaired) electrons. The first-order valence-electron chi connectivity index (χ1n) is 4.39. The summed E-state index contributed by atoms with van der Waals surface area (Å²) < 4.78 is 0.867. The summed E-state index contributed by atoms with van der Waals surface area (Å²) in [6.45, 7) is 4.16. The van der Waals surface area contributed by atoms with E-state index in [0.29, 0.717) is 5.69 Å². The Morgan fingerprint density at radius 2 is 2.00 bits per heavy atom. The van der Waals surface area contributed by atoms with Crippen LogP contribution in [0.3, 0.4) is 0 Å². The van der Waals surface area contributed by atoms with Gasteiger partial charge in [0.05, 0.1) is 0 Å². The topological polar surface area (TPSA) is 28.1 Å². The highest BCUT2D eigenvalue weighted by Crippen LogP contribution is 2.31. The first-order chi connectivity index (χ1) is 6.22. The number of rotatable bonds is 2. The molecule has 0 heterocycles. The highest BCUT2D eigenvalue weighted by atomic mass is 79.9. The second-order valence-electron chi connectivity index (χ2n) is 2.89. The van der Waals surface area contributed by atoms with Crippen LogP contribution in [0.25, 0.3) is 4.98 Å². The molecular weight excluding hydrogens is 228 g/mol. The van der Waals surface area contributed by atoms with Crippen molar-refractivity contribution in [2.45, 2.75) is 26.7 Å². The van der Waals surface area contributed by atoms with Gasteiger partial charge in [0.15, 0.2) is 4.98 Å². The molecule has 0 N–H and O–H groups in total. The summed E-state index contributed by atoms with van der Waals surface area (Å²) in [6.07, 6.45) is 1.88. The van der Waals surface area contributed by atoms with E-state index < -0.39 is 0 Å². The van der Waals surface area contributed by atoms with E-state index in [-0.39, 0.29) is 0 Å². The molecule has 0 aliphatic rings. The van der Waals surface area contributed by atoms with E-state index in [1.54, 1.807) is 0 Å². The average molecular weight is 240 g/mol. The lowest BCUT2D eigenvalue weighted by Crippen LogP contribution is -1.87. The van der Waals surface area contributed by atoms with Gasteiger partial charge in [0, 0.05) is 5.56 Å². The van der Waals surface area contributed by atoms with Crippen molar-refractivity contribution in [3.63, 3.8) is 0 Å². The molecule has 0 spiro atoms. The summed E-state index contributed by atoms with van der Waals surface area (Å²) in [5, 5.41) is 8.79. The Kier molecular flexibility index (Phi) is 3.44. The SMILES string of the molecule is CCc1cc(Br)c([N+]#N)c(CC)c1. The highest BCUT2D eigenvalue weighted by Gasteiger charge is 2.17. The molecule has 0 aromatic heterocycles. The van der Waals surface area contributed by atoms with Crippen LogP contribution in [0, 0.1) is 5.39 Å². The van der Waals surface area contributed by atoms with Crippen molar-refractivity contribution >= 4 is 21.6 Å². The van der Waals surface area contributed by atoms with Gasteiger partial charge in [0.25, 0.3) is 0 Å². The fraction of sp³-hybridized carbons (Fsp3) is 0.400. The van der Waals surface area contributed by atoms with Crippen LogP contribution in [0.1, 0.15) is 25.0 Å². The van der Waals surface area contributed by atoms with Crippen LogP contribution in [0.4, 0.5) is 5.69 Å². The quantitative estimate of drug-likeness (QED) is 0.716. The average Bonchev–Trinajstić information content (AvgIpc) is 2.16. The van der Waals surface area contributed by atoms with Gasteiger partial charge in [-0.25, -0.2) is 0 Å². The first kappa shape index (κ1) is 10.2. The maximum Gasteiger partial charge on any atom is 0.402 e. The number of hydrogen-bond donors (Lipinski definition) is 0. The van der Waals surface area contributed by atoms with E-state index in [9.17, 15) is 0 Å². The number of hydrogen-bond acceptors (Lipinski definition) is 1. The highest BCUT2D eigenvalue weighted by molar-refractivity contribution is 9.10. The minimum absolute atomic E-state index is 0.653. The van der Waals surface area contributed by atoms with Crippen LogP contribution in [-0.2, 0) is 12.8 Å². The molecule has 0 bridgehead atoms. The van der Waals surface area contributed by atoms with Crippen molar-refractivity contribution < 1.29 is 0 Å². The third-order valence-corrected chi connectivity index (χ3v) is 2.70. The molecule has 2 nitrogen and oxygen atoms in total. The summed E-state index contributed by atoms with van der Waals surface area (Å²) in [5.41, 5.74) is 2.99. The van der Waals surface area contributed by atoms with Gasteiger partial charge in [-0.1, -0.05) is 13.8 Å². The smallest absolute Gasteiger partial charge is 0.0613 e. The van der Waals surface area contributed by atoms with Crippen LogP contribution in [-0.4, -0.2) is 0 Å². The van der Waals surface area contributed by atoms with Crippen LogP contribution in [0.15, 0.2) is 16.6 Å². The molecule has 68 valence electrons. The summed E-state index contributed by atoms with van der Waals surface area (Å²) in [5.74, 6) is 0. The van der Waals surface area contributed by atoms with Gasteiger partial charge in [0.1, 0.15) is 4.47 Å². The standard InChI is InChI=1S/C10H12BrN2/c1-3-7-5-8(4-2)10(13-12)9(11)6-7/h5-6H,3-4H2,1-2H3/q+1. The Balaban J connectivity index is 3.31. The van der Waals surface area contributed by atoms with Crippen molar-refractivity contribution in [1.29, 1.82) is 5.39 Å².